The molecule has 0 spiro atoms. The van der Waals surface area contributed by atoms with Gasteiger partial charge in [-0.05, 0) is 116 Å². The normalized spacial score (nSPS) is 11.2. The van der Waals surface area contributed by atoms with E-state index in [1.54, 1.807) is 0 Å². The molecule has 0 N–H and O–H groups in total. The highest BCUT2D eigenvalue weighted by molar-refractivity contribution is 6.06. The Bertz CT molecular complexity index is 3310. The van der Waals surface area contributed by atoms with E-state index in [1.165, 1.54) is 50.1 Å². The van der Waals surface area contributed by atoms with Crippen LogP contribution in [0.4, 0.5) is 17.1 Å². The zero-order valence-electron chi connectivity index (χ0n) is 34.0. The molecule has 62 heavy (non-hydrogen) atoms. The molecule has 2 heteroatoms. The molecule has 292 valence electrons. The maximum Gasteiger partial charge on any atom is 0.135 e. The Morgan fingerprint density at radius 1 is 0.258 bits per heavy atom. The molecule has 1 aromatic heterocycles. The largest absolute Gasteiger partial charge is 0.456 e. The minimum atomic E-state index is 0.898. The van der Waals surface area contributed by atoms with E-state index in [2.05, 4.69) is 241 Å². The Hall–Kier alpha value is -8.20. The van der Waals surface area contributed by atoms with Crippen LogP contribution in [0.2, 0.25) is 0 Å². The monoisotopic (exact) mass is 791 g/mol. The third-order valence-electron chi connectivity index (χ3n) is 11.9. The highest BCUT2D eigenvalue weighted by Crippen LogP contribution is 2.48. The van der Waals surface area contributed by atoms with Gasteiger partial charge in [-0.2, -0.15) is 0 Å². The summed E-state index contributed by atoms with van der Waals surface area (Å²) in [6.45, 7) is 0. The van der Waals surface area contributed by atoms with Crippen LogP contribution in [0.25, 0.3) is 88.7 Å². The van der Waals surface area contributed by atoms with E-state index >= 15 is 0 Å². The fourth-order valence-corrected chi connectivity index (χ4v) is 8.89. The van der Waals surface area contributed by atoms with Gasteiger partial charge in [-0.15, -0.1) is 0 Å². The number of hydrogen-bond acceptors (Lipinski definition) is 2. The first-order valence-corrected chi connectivity index (χ1v) is 21.2. The van der Waals surface area contributed by atoms with E-state index in [1.807, 2.05) is 12.1 Å². The first-order chi connectivity index (χ1) is 30.7. The van der Waals surface area contributed by atoms with Crippen LogP contribution >= 0.6 is 0 Å². The van der Waals surface area contributed by atoms with Crippen LogP contribution in [0.3, 0.4) is 0 Å². The van der Waals surface area contributed by atoms with Crippen molar-refractivity contribution in [2.45, 2.75) is 0 Å². The van der Waals surface area contributed by atoms with E-state index in [0.29, 0.717) is 0 Å². The second-order valence-electron chi connectivity index (χ2n) is 15.7. The number of rotatable bonds is 9. The lowest BCUT2D eigenvalue weighted by molar-refractivity contribution is 0.669. The zero-order chi connectivity index (χ0) is 41.2. The van der Waals surface area contributed by atoms with Gasteiger partial charge in [0.05, 0.1) is 5.69 Å². The van der Waals surface area contributed by atoms with Crippen LogP contribution in [0.5, 0.6) is 0 Å². The molecule has 0 aliphatic heterocycles. The Kier molecular flexibility index (Phi) is 9.57. The second kappa shape index (κ2) is 16.1. The highest BCUT2D eigenvalue weighted by atomic mass is 16.3. The van der Waals surface area contributed by atoms with E-state index in [9.17, 15) is 0 Å². The molecule has 10 aromatic carbocycles. The van der Waals surface area contributed by atoms with Crippen molar-refractivity contribution in [1.82, 2.24) is 0 Å². The molecule has 0 saturated carbocycles. The van der Waals surface area contributed by atoms with Crippen LogP contribution in [0.1, 0.15) is 0 Å². The van der Waals surface area contributed by atoms with E-state index in [4.69, 9.17) is 4.42 Å². The minimum absolute atomic E-state index is 0.898. The number of furan rings is 1. The molecule has 0 radical (unpaired) electrons. The molecule has 0 bridgehead atoms. The van der Waals surface area contributed by atoms with E-state index in [0.717, 1.165) is 55.7 Å². The van der Waals surface area contributed by atoms with Crippen LogP contribution in [-0.2, 0) is 0 Å². The first kappa shape index (κ1) is 36.8. The van der Waals surface area contributed by atoms with Crippen molar-refractivity contribution < 1.29 is 4.42 Å². The van der Waals surface area contributed by atoms with Gasteiger partial charge in [0.2, 0.25) is 0 Å². The zero-order valence-corrected chi connectivity index (χ0v) is 34.0. The standard InChI is InChI=1S/C60H41NO/c1-4-16-42(17-5-1)47-22-14-23-48(40-47)43-30-35-50(36-31-43)61(51-37-32-44(33-38-51)49-34-39-59-56(41-49)54-25-12-13-29-58(54)62-59)57-28-15-27-53(46-20-8-3-9-21-46)60(57)55-26-11-10-24-52(55)45-18-6-2-7-19-45/h1-41H. The van der Waals surface area contributed by atoms with Gasteiger partial charge in [0.25, 0.3) is 0 Å². The quantitative estimate of drug-likeness (QED) is 0.145. The van der Waals surface area contributed by atoms with Gasteiger partial charge in [0.15, 0.2) is 0 Å². The maximum atomic E-state index is 6.17. The third kappa shape index (κ3) is 6.94. The molecule has 0 atom stereocenters. The van der Waals surface area contributed by atoms with Gasteiger partial charge in [0, 0.05) is 27.7 Å². The van der Waals surface area contributed by atoms with Crippen molar-refractivity contribution in [2.24, 2.45) is 0 Å². The highest BCUT2D eigenvalue weighted by Gasteiger charge is 2.23. The molecule has 0 saturated heterocycles. The molecule has 0 aliphatic rings. The summed E-state index contributed by atoms with van der Waals surface area (Å²) < 4.78 is 6.17. The molecule has 2 nitrogen and oxygen atoms in total. The van der Waals surface area contributed by atoms with Crippen molar-refractivity contribution in [3.8, 4) is 66.8 Å². The average molecular weight is 792 g/mol. The predicted octanol–water partition coefficient (Wildman–Crippen LogP) is 17.1. The van der Waals surface area contributed by atoms with Crippen molar-refractivity contribution in [2.75, 3.05) is 4.90 Å². The molecule has 11 rings (SSSR count). The Morgan fingerprint density at radius 2 is 0.694 bits per heavy atom. The number of fused-ring (bicyclic) bond motifs is 3. The summed E-state index contributed by atoms with van der Waals surface area (Å²) in [6, 6.07) is 89.2. The molecule has 11 aromatic rings. The van der Waals surface area contributed by atoms with Crippen molar-refractivity contribution in [1.29, 1.82) is 0 Å². The summed E-state index contributed by atoms with van der Waals surface area (Å²) in [6.07, 6.45) is 0. The predicted molar refractivity (Wildman–Crippen MR) is 261 cm³/mol. The lowest BCUT2D eigenvalue weighted by Crippen LogP contribution is -2.12. The van der Waals surface area contributed by atoms with Crippen molar-refractivity contribution >= 4 is 39.0 Å². The van der Waals surface area contributed by atoms with Gasteiger partial charge in [-0.1, -0.05) is 194 Å². The van der Waals surface area contributed by atoms with Crippen LogP contribution < -0.4 is 4.90 Å². The number of para-hydroxylation sites is 1. The van der Waals surface area contributed by atoms with Crippen molar-refractivity contribution in [3.63, 3.8) is 0 Å². The molecule has 0 amide bonds. The lowest BCUT2D eigenvalue weighted by Gasteiger charge is -2.30. The van der Waals surface area contributed by atoms with Gasteiger partial charge in [-0.25, -0.2) is 0 Å². The van der Waals surface area contributed by atoms with Crippen LogP contribution in [0, 0.1) is 0 Å². The van der Waals surface area contributed by atoms with Gasteiger partial charge in [0.1, 0.15) is 11.2 Å². The summed E-state index contributed by atoms with van der Waals surface area (Å²) in [5.41, 5.74) is 19.1. The number of nitrogens with zero attached hydrogens (tertiary/aromatic N) is 1. The average Bonchev–Trinajstić information content (AvgIpc) is 3.73. The fraction of sp³-hybridized carbons (Fsp3) is 0. The summed E-state index contributed by atoms with van der Waals surface area (Å²) in [4.78, 5) is 2.42. The third-order valence-corrected chi connectivity index (χ3v) is 11.9. The summed E-state index contributed by atoms with van der Waals surface area (Å²) in [5.74, 6) is 0. The Labute approximate surface area is 362 Å². The van der Waals surface area contributed by atoms with Gasteiger partial charge >= 0.3 is 0 Å². The summed E-state index contributed by atoms with van der Waals surface area (Å²) >= 11 is 0. The fourth-order valence-electron chi connectivity index (χ4n) is 8.89. The van der Waals surface area contributed by atoms with Crippen LogP contribution in [-0.4, -0.2) is 0 Å². The number of anilines is 3. The smallest absolute Gasteiger partial charge is 0.135 e. The van der Waals surface area contributed by atoms with Gasteiger partial charge in [-0.3, -0.25) is 0 Å². The van der Waals surface area contributed by atoms with E-state index < -0.39 is 0 Å². The maximum absolute atomic E-state index is 6.17. The Balaban J connectivity index is 1.08. The molecular weight excluding hydrogens is 751 g/mol. The minimum Gasteiger partial charge on any atom is -0.456 e. The summed E-state index contributed by atoms with van der Waals surface area (Å²) in [5, 5.41) is 2.25. The SMILES string of the molecule is c1ccc(-c2cccc(-c3ccc(N(c4ccc(-c5ccc6oc7ccccc7c6c5)cc4)c4cccc(-c5ccccc5)c4-c4ccccc4-c4ccccc4)cc3)c2)cc1. The number of benzene rings is 10. The topological polar surface area (TPSA) is 16.4 Å². The summed E-state index contributed by atoms with van der Waals surface area (Å²) in [7, 11) is 0. The van der Waals surface area contributed by atoms with E-state index in [-0.39, 0.29) is 0 Å². The van der Waals surface area contributed by atoms with Crippen LogP contribution in [0.15, 0.2) is 253 Å². The van der Waals surface area contributed by atoms with Gasteiger partial charge < -0.3 is 9.32 Å². The molecule has 0 fully saturated rings. The first-order valence-electron chi connectivity index (χ1n) is 21.2. The number of hydrogen-bond donors (Lipinski definition) is 0. The molecule has 0 unspecified atom stereocenters. The molecular formula is C60H41NO. The molecule has 1 heterocycles. The second-order valence-corrected chi connectivity index (χ2v) is 15.7. The Morgan fingerprint density at radius 3 is 1.34 bits per heavy atom. The molecule has 0 aliphatic carbocycles. The van der Waals surface area contributed by atoms with Crippen molar-refractivity contribution in [3.05, 3.63) is 249 Å². The lowest BCUT2D eigenvalue weighted by atomic mass is 9.87.